The van der Waals surface area contributed by atoms with E-state index in [0.717, 1.165) is 0 Å². The lowest BCUT2D eigenvalue weighted by molar-refractivity contribution is -0.163. The van der Waals surface area contributed by atoms with Gasteiger partial charge in [-0.05, 0) is 19.8 Å². The number of alkyl halides is 3. The largest absolute Gasteiger partial charge is 0.411 e. The Labute approximate surface area is 63.3 Å². The van der Waals surface area contributed by atoms with Gasteiger partial charge in [-0.2, -0.15) is 13.2 Å². The van der Waals surface area contributed by atoms with Gasteiger partial charge in [0, 0.05) is 5.70 Å². The van der Waals surface area contributed by atoms with Crippen LogP contribution in [-0.4, -0.2) is 11.7 Å². The van der Waals surface area contributed by atoms with Gasteiger partial charge in [-0.15, -0.1) is 0 Å². The fraction of sp³-hybridized carbons (Fsp3) is 0.714. The molecule has 4 heteroatoms. The van der Waals surface area contributed by atoms with Gasteiger partial charge in [-0.25, -0.2) is 0 Å². The predicted octanol–water partition coefficient (Wildman–Crippen LogP) is 2.20. The molecule has 0 bridgehead atoms. The van der Waals surface area contributed by atoms with E-state index < -0.39 is 11.7 Å². The van der Waals surface area contributed by atoms with Gasteiger partial charge in [0.2, 0.25) is 0 Å². The van der Waals surface area contributed by atoms with E-state index in [-0.39, 0.29) is 12.8 Å². The molecule has 0 aromatic carbocycles. The second-order valence-corrected chi connectivity index (χ2v) is 2.99. The molecule has 0 amide bonds. The molecule has 1 aliphatic rings. The van der Waals surface area contributed by atoms with Crippen molar-refractivity contribution in [3.63, 3.8) is 0 Å². The molecule has 0 radical (unpaired) electrons. The predicted molar refractivity (Wildman–Crippen MR) is 36.0 cm³/mol. The maximum absolute atomic E-state index is 12.2. The number of hydrogen-bond acceptors (Lipinski definition) is 1. The van der Waals surface area contributed by atoms with E-state index in [1.54, 1.807) is 0 Å². The Kier molecular flexibility index (Phi) is 1.65. The van der Waals surface area contributed by atoms with E-state index >= 15 is 0 Å². The molecule has 1 fully saturated rings. The summed E-state index contributed by atoms with van der Waals surface area (Å²) in [5.41, 5.74) is -1.27. The Morgan fingerprint density at radius 2 is 1.91 bits per heavy atom. The SMILES string of the molecule is C=C(C)NC1(C(F)(F)F)CC1. The standard InChI is InChI=1S/C7H10F3N/c1-5(2)11-6(3-4-6)7(8,9)10/h11H,1,3-4H2,2H3. The Morgan fingerprint density at radius 1 is 1.45 bits per heavy atom. The molecular weight excluding hydrogens is 155 g/mol. The van der Waals surface area contributed by atoms with Crippen LogP contribution >= 0.6 is 0 Å². The molecule has 0 saturated heterocycles. The molecule has 0 aromatic rings. The summed E-state index contributed by atoms with van der Waals surface area (Å²) in [6, 6.07) is 0. The fourth-order valence-electron chi connectivity index (χ4n) is 1.01. The monoisotopic (exact) mass is 165 g/mol. The lowest BCUT2D eigenvalue weighted by Gasteiger charge is -2.21. The minimum absolute atomic E-state index is 0.170. The minimum atomic E-state index is -4.13. The smallest absolute Gasteiger partial charge is 0.376 e. The Bertz CT molecular complexity index is 179. The van der Waals surface area contributed by atoms with Crippen molar-refractivity contribution < 1.29 is 13.2 Å². The molecule has 0 spiro atoms. The number of halogens is 3. The molecule has 1 saturated carbocycles. The van der Waals surface area contributed by atoms with E-state index in [9.17, 15) is 13.2 Å². The van der Waals surface area contributed by atoms with E-state index in [1.165, 1.54) is 6.92 Å². The van der Waals surface area contributed by atoms with E-state index in [0.29, 0.717) is 5.70 Å². The van der Waals surface area contributed by atoms with Gasteiger partial charge in [0.1, 0.15) is 5.54 Å². The van der Waals surface area contributed by atoms with Crippen LogP contribution in [0.5, 0.6) is 0 Å². The van der Waals surface area contributed by atoms with E-state index in [4.69, 9.17) is 0 Å². The van der Waals surface area contributed by atoms with Crippen molar-refractivity contribution in [2.45, 2.75) is 31.5 Å². The Hall–Kier alpha value is -0.670. The first-order valence-corrected chi connectivity index (χ1v) is 3.38. The zero-order chi connectivity index (χ0) is 8.70. The van der Waals surface area contributed by atoms with Crippen LogP contribution in [-0.2, 0) is 0 Å². The molecular formula is C7H10F3N. The maximum atomic E-state index is 12.2. The highest BCUT2D eigenvalue weighted by Crippen LogP contribution is 2.49. The van der Waals surface area contributed by atoms with Crippen molar-refractivity contribution in [1.29, 1.82) is 0 Å². The van der Waals surface area contributed by atoms with Gasteiger partial charge in [0.05, 0.1) is 0 Å². The first-order valence-electron chi connectivity index (χ1n) is 3.38. The molecule has 1 rings (SSSR count). The van der Waals surface area contributed by atoms with Crippen molar-refractivity contribution >= 4 is 0 Å². The quantitative estimate of drug-likeness (QED) is 0.661. The van der Waals surface area contributed by atoms with Gasteiger partial charge in [-0.3, -0.25) is 0 Å². The summed E-state index contributed by atoms with van der Waals surface area (Å²) in [5.74, 6) is 0. The summed E-state index contributed by atoms with van der Waals surface area (Å²) in [4.78, 5) is 0. The second-order valence-electron chi connectivity index (χ2n) is 2.99. The number of nitrogens with one attached hydrogen (secondary N) is 1. The van der Waals surface area contributed by atoms with Crippen molar-refractivity contribution in [2.24, 2.45) is 0 Å². The van der Waals surface area contributed by atoms with Crippen LogP contribution in [0.15, 0.2) is 12.3 Å². The third kappa shape index (κ3) is 1.49. The molecule has 1 nitrogen and oxygen atoms in total. The Balaban J connectivity index is 2.61. The van der Waals surface area contributed by atoms with Crippen LogP contribution in [0, 0.1) is 0 Å². The molecule has 1 N–H and O–H groups in total. The molecule has 0 unspecified atom stereocenters. The molecule has 64 valence electrons. The van der Waals surface area contributed by atoms with Crippen molar-refractivity contribution in [3.05, 3.63) is 12.3 Å². The highest BCUT2D eigenvalue weighted by molar-refractivity contribution is 5.12. The molecule has 0 heterocycles. The summed E-state index contributed by atoms with van der Waals surface area (Å²) in [7, 11) is 0. The van der Waals surface area contributed by atoms with Gasteiger partial charge in [0.15, 0.2) is 0 Å². The first-order chi connectivity index (χ1) is 4.87. The van der Waals surface area contributed by atoms with Gasteiger partial charge < -0.3 is 5.32 Å². The van der Waals surface area contributed by atoms with Gasteiger partial charge in [-0.1, -0.05) is 6.58 Å². The average Bonchev–Trinajstić information content (AvgIpc) is 2.42. The third-order valence-corrected chi connectivity index (χ3v) is 1.75. The molecule has 11 heavy (non-hydrogen) atoms. The minimum Gasteiger partial charge on any atom is -0.376 e. The maximum Gasteiger partial charge on any atom is 0.411 e. The number of allylic oxidation sites excluding steroid dienone is 1. The van der Waals surface area contributed by atoms with Crippen molar-refractivity contribution in [1.82, 2.24) is 5.32 Å². The van der Waals surface area contributed by atoms with Crippen LogP contribution in [0.2, 0.25) is 0 Å². The first kappa shape index (κ1) is 8.43. The van der Waals surface area contributed by atoms with Crippen LogP contribution in [0.1, 0.15) is 19.8 Å². The molecule has 0 aromatic heterocycles. The van der Waals surface area contributed by atoms with E-state index in [1.807, 2.05) is 0 Å². The fourth-order valence-corrected chi connectivity index (χ4v) is 1.01. The van der Waals surface area contributed by atoms with Crippen LogP contribution in [0.4, 0.5) is 13.2 Å². The summed E-state index contributed by atoms with van der Waals surface area (Å²) in [6.45, 7) is 4.92. The highest BCUT2D eigenvalue weighted by atomic mass is 19.4. The summed E-state index contributed by atoms with van der Waals surface area (Å²) >= 11 is 0. The van der Waals surface area contributed by atoms with Crippen LogP contribution in [0.25, 0.3) is 0 Å². The average molecular weight is 165 g/mol. The van der Waals surface area contributed by atoms with Crippen molar-refractivity contribution in [3.8, 4) is 0 Å². The summed E-state index contributed by atoms with van der Waals surface area (Å²) in [5, 5.41) is 2.35. The second kappa shape index (κ2) is 2.16. The number of rotatable bonds is 2. The lowest BCUT2D eigenvalue weighted by atomic mass is 10.2. The topological polar surface area (TPSA) is 12.0 Å². The zero-order valence-corrected chi connectivity index (χ0v) is 6.26. The molecule has 1 aliphatic carbocycles. The van der Waals surface area contributed by atoms with Gasteiger partial charge >= 0.3 is 6.18 Å². The number of hydrogen-bond donors (Lipinski definition) is 1. The van der Waals surface area contributed by atoms with Crippen LogP contribution < -0.4 is 5.32 Å². The lowest BCUT2D eigenvalue weighted by Crippen LogP contribution is -2.43. The van der Waals surface area contributed by atoms with E-state index in [2.05, 4.69) is 11.9 Å². The summed E-state index contributed by atoms with van der Waals surface area (Å²) in [6.07, 6.45) is -3.79. The summed E-state index contributed by atoms with van der Waals surface area (Å²) < 4.78 is 36.5. The zero-order valence-electron chi connectivity index (χ0n) is 6.26. The molecule has 0 atom stereocenters. The third-order valence-electron chi connectivity index (χ3n) is 1.75. The molecule has 0 aliphatic heterocycles. The normalized spacial score (nSPS) is 21.1. The van der Waals surface area contributed by atoms with Gasteiger partial charge in [0.25, 0.3) is 0 Å². The highest BCUT2D eigenvalue weighted by Gasteiger charge is 2.63. The van der Waals surface area contributed by atoms with Crippen LogP contribution in [0.3, 0.4) is 0 Å². The van der Waals surface area contributed by atoms with Crippen molar-refractivity contribution in [2.75, 3.05) is 0 Å². The Morgan fingerprint density at radius 3 is 2.00 bits per heavy atom.